The molecule has 0 saturated heterocycles. The maximum Gasteiger partial charge on any atom is 0.290 e. The molecule has 72 valence electrons. The summed E-state index contributed by atoms with van der Waals surface area (Å²) in [4.78, 5) is 8.36. The van der Waals surface area contributed by atoms with Crippen molar-refractivity contribution in [1.29, 1.82) is 0 Å². The highest BCUT2D eigenvalue weighted by Crippen LogP contribution is 2.34. The van der Waals surface area contributed by atoms with E-state index < -0.39 is 0 Å². The number of rotatable bonds is 1. The fourth-order valence-corrected chi connectivity index (χ4v) is 1.86. The fourth-order valence-electron chi connectivity index (χ4n) is 1.86. The van der Waals surface area contributed by atoms with Crippen LogP contribution in [-0.4, -0.2) is 11.6 Å². The lowest BCUT2D eigenvalue weighted by molar-refractivity contribution is -0.122. The van der Waals surface area contributed by atoms with Gasteiger partial charge in [0.05, 0.1) is 0 Å². The van der Waals surface area contributed by atoms with E-state index in [4.69, 9.17) is 9.90 Å². The van der Waals surface area contributed by atoms with Gasteiger partial charge in [-0.05, 0) is 30.6 Å². The van der Waals surface area contributed by atoms with Crippen LogP contribution < -0.4 is 0 Å². The monoisotopic (exact) mass is 172 g/mol. The summed E-state index contributed by atoms with van der Waals surface area (Å²) in [6, 6.07) is 0. The lowest BCUT2D eigenvalue weighted by Gasteiger charge is -2.12. The first-order valence-corrected chi connectivity index (χ1v) is 4.69. The van der Waals surface area contributed by atoms with E-state index >= 15 is 0 Å². The molecule has 2 atom stereocenters. The Morgan fingerprint density at radius 1 is 1.42 bits per heavy atom. The van der Waals surface area contributed by atoms with Gasteiger partial charge in [0.15, 0.2) is 0 Å². The van der Waals surface area contributed by atoms with Crippen LogP contribution in [0.4, 0.5) is 0 Å². The molecule has 0 aromatic carbocycles. The second-order valence-corrected chi connectivity index (χ2v) is 4.03. The van der Waals surface area contributed by atoms with Gasteiger partial charge in [0, 0.05) is 0 Å². The molecule has 12 heavy (non-hydrogen) atoms. The van der Waals surface area contributed by atoms with Crippen LogP contribution in [0.15, 0.2) is 0 Å². The lowest BCUT2D eigenvalue weighted by Crippen LogP contribution is -2.02. The summed E-state index contributed by atoms with van der Waals surface area (Å²) in [5.41, 5.74) is 0. The van der Waals surface area contributed by atoms with Crippen LogP contribution >= 0.6 is 0 Å². The fraction of sp³-hybridized carbons (Fsp3) is 0.900. The first kappa shape index (κ1) is 11.5. The molecule has 2 nitrogen and oxygen atoms in total. The van der Waals surface area contributed by atoms with Gasteiger partial charge in [0.2, 0.25) is 0 Å². The number of carbonyl (C=O) groups is 1. The number of hydrogen-bond acceptors (Lipinski definition) is 1. The molecule has 1 aliphatic carbocycles. The van der Waals surface area contributed by atoms with Gasteiger partial charge in [0.25, 0.3) is 6.47 Å². The normalized spacial score (nSPS) is 28.0. The minimum Gasteiger partial charge on any atom is -0.483 e. The molecular formula is C10H20O2. The third-order valence-corrected chi connectivity index (χ3v) is 2.68. The zero-order chi connectivity index (χ0) is 9.56. The van der Waals surface area contributed by atoms with Crippen molar-refractivity contribution in [1.82, 2.24) is 0 Å². The van der Waals surface area contributed by atoms with Crippen LogP contribution in [0.1, 0.15) is 40.0 Å². The van der Waals surface area contributed by atoms with Gasteiger partial charge in [-0.2, -0.15) is 0 Å². The van der Waals surface area contributed by atoms with Crippen molar-refractivity contribution in [3.05, 3.63) is 0 Å². The van der Waals surface area contributed by atoms with Crippen molar-refractivity contribution in [2.24, 2.45) is 17.8 Å². The molecule has 0 spiro atoms. The van der Waals surface area contributed by atoms with Crippen molar-refractivity contribution in [3.8, 4) is 0 Å². The van der Waals surface area contributed by atoms with Crippen LogP contribution in [-0.2, 0) is 4.79 Å². The van der Waals surface area contributed by atoms with E-state index in [-0.39, 0.29) is 6.47 Å². The van der Waals surface area contributed by atoms with E-state index in [1.54, 1.807) is 0 Å². The minimum absolute atomic E-state index is 0.250. The first-order chi connectivity index (χ1) is 5.61. The molecule has 2 heteroatoms. The highest BCUT2D eigenvalue weighted by Gasteiger charge is 2.23. The molecule has 0 heterocycles. The summed E-state index contributed by atoms with van der Waals surface area (Å²) >= 11 is 0. The average molecular weight is 172 g/mol. The van der Waals surface area contributed by atoms with Gasteiger partial charge in [-0.25, -0.2) is 0 Å². The quantitative estimate of drug-likeness (QED) is 0.617. The van der Waals surface area contributed by atoms with Crippen LogP contribution in [0.25, 0.3) is 0 Å². The van der Waals surface area contributed by atoms with Gasteiger partial charge in [-0.15, -0.1) is 0 Å². The Balaban J connectivity index is 0.000000354. The molecule has 0 aliphatic heterocycles. The molecule has 1 aliphatic rings. The van der Waals surface area contributed by atoms with Gasteiger partial charge < -0.3 is 5.11 Å². The Bertz CT molecular complexity index is 121. The minimum atomic E-state index is -0.250. The summed E-state index contributed by atoms with van der Waals surface area (Å²) < 4.78 is 0. The van der Waals surface area contributed by atoms with Crippen LogP contribution in [0.3, 0.4) is 0 Å². The van der Waals surface area contributed by atoms with Crippen molar-refractivity contribution < 1.29 is 9.90 Å². The second kappa shape index (κ2) is 6.04. The Morgan fingerprint density at radius 3 is 2.08 bits per heavy atom. The summed E-state index contributed by atoms with van der Waals surface area (Å²) in [5, 5.41) is 6.89. The zero-order valence-electron chi connectivity index (χ0n) is 8.29. The van der Waals surface area contributed by atoms with Gasteiger partial charge in [-0.3, -0.25) is 4.79 Å². The van der Waals surface area contributed by atoms with E-state index in [0.717, 1.165) is 17.8 Å². The molecule has 1 N–H and O–H groups in total. The topological polar surface area (TPSA) is 37.3 Å². The third-order valence-electron chi connectivity index (χ3n) is 2.68. The lowest BCUT2D eigenvalue weighted by atomic mass is 9.94. The summed E-state index contributed by atoms with van der Waals surface area (Å²) in [5.74, 6) is 2.98. The van der Waals surface area contributed by atoms with Crippen molar-refractivity contribution >= 4 is 6.47 Å². The molecule has 0 bridgehead atoms. The Kier molecular flexibility index (Phi) is 5.77. The maximum absolute atomic E-state index is 8.36. The van der Waals surface area contributed by atoms with Crippen molar-refractivity contribution in [2.45, 2.75) is 40.0 Å². The second-order valence-electron chi connectivity index (χ2n) is 4.03. The molecule has 1 rings (SSSR count). The Labute approximate surface area is 75.0 Å². The number of carboxylic acid groups (broad SMARTS) is 1. The molecule has 0 amide bonds. The smallest absolute Gasteiger partial charge is 0.290 e. The van der Waals surface area contributed by atoms with E-state index in [9.17, 15) is 0 Å². The first-order valence-electron chi connectivity index (χ1n) is 4.69. The Hall–Kier alpha value is -0.530. The van der Waals surface area contributed by atoms with E-state index in [2.05, 4.69) is 20.8 Å². The van der Waals surface area contributed by atoms with E-state index in [0.29, 0.717) is 0 Å². The van der Waals surface area contributed by atoms with Crippen LogP contribution in [0, 0.1) is 17.8 Å². The van der Waals surface area contributed by atoms with Gasteiger partial charge in [-0.1, -0.05) is 27.2 Å². The average Bonchev–Trinajstić information content (AvgIpc) is 2.37. The van der Waals surface area contributed by atoms with E-state index in [1.807, 2.05) is 0 Å². The molecule has 0 aromatic rings. The maximum atomic E-state index is 8.36. The predicted octanol–water partition coefficient (Wildman–Crippen LogP) is 2.78. The SMILES string of the molecule is CC(C)C1CC[C@H](C)C1.O=CO. The molecule has 1 unspecified atom stereocenters. The summed E-state index contributed by atoms with van der Waals surface area (Å²) in [7, 11) is 0. The predicted molar refractivity (Wildman–Crippen MR) is 50.0 cm³/mol. The molecule has 1 saturated carbocycles. The summed E-state index contributed by atoms with van der Waals surface area (Å²) in [6.45, 7) is 6.83. The molecule has 1 fully saturated rings. The summed E-state index contributed by atoms with van der Waals surface area (Å²) in [6.07, 6.45) is 4.44. The van der Waals surface area contributed by atoms with Gasteiger partial charge >= 0.3 is 0 Å². The standard InChI is InChI=1S/C9H18.CH2O2/c1-7(2)9-5-4-8(3)6-9;2-1-3/h7-9H,4-6H2,1-3H3;1H,(H,2,3)/t8-,9?;/m0./s1. The van der Waals surface area contributed by atoms with E-state index in [1.165, 1.54) is 19.3 Å². The zero-order valence-corrected chi connectivity index (χ0v) is 8.29. The van der Waals surface area contributed by atoms with Crippen LogP contribution in [0.2, 0.25) is 0 Å². The molecule has 0 aromatic heterocycles. The number of hydrogen-bond donors (Lipinski definition) is 1. The van der Waals surface area contributed by atoms with Crippen LogP contribution in [0.5, 0.6) is 0 Å². The van der Waals surface area contributed by atoms with Crippen molar-refractivity contribution in [3.63, 3.8) is 0 Å². The third kappa shape index (κ3) is 4.37. The molecule has 0 radical (unpaired) electrons. The highest BCUT2D eigenvalue weighted by molar-refractivity contribution is 5.32. The molecular weight excluding hydrogens is 152 g/mol. The van der Waals surface area contributed by atoms with Crippen molar-refractivity contribution in [2.75, 3.05) is 0 Å². The largest absolute Gasteiger partial charge is 0.483 e. The highest BCUT2D eigenvalue weighted by atomic mass is 16.3. The Morgan fingerprint density at radius 2 is 1.92 bits per heavy atom. The van der Waals surface area contributed by atoms with Gasteiger partial charge in [0.1, 0.15) is 0 Å².